The minimum Gasteiger partial charge on any atom is -0.618 e. The molecule has 2 aromatic rings. The lowest BCUT2D eigenvalue weighted by Gasteiger charge is -2.23. The number of thioether (sulfide) groups is 1. The summed E-state index contributed by atoms with van der Waals surface area (Å²) >= 11 is 1.22. The third-order valence-electron chi connectivity index (χ3n) is 4.25. The number of benzene rings is 1. The van der Waals surface area contributed by atoms with Gasteiger partial charge < -0.3 is 20.0 Å². The van der Waals surface area contributed by atoms with Gasteiger partial charge in [0.05, 0.1) is 25.0 Å². The molecule has 0 aliphatic carbocycles. The third-order valence-corrected chi connectivity index (χ3v) is 5.27. The van der Waals surface area contributed by atoms with Gasteiger partial charge in [-0.1, -0.05) is 19.9 Å². The summed E-state index contributed by atoms with van der Waals surface area (Å²) in [5, 5.41) is 15.3. The number of carbonyl (C=O) groups excluding carboxylic acids is 1. The lowest BCUT2D eigenvalue weighted by molar-refractivity contribution is -0.645. The van der Waals surface area contributed by atoms with Gasteiger partial charge in [0.1, 0.15) is 0 Å². The van der Waals surface area contributed by atoms with Crippen molar-refractivity contribution in [3.8, 4) is 11.5 Å². The molecule has 1 aromatic heterocycles. The fourth-order valence-corrected chi connectivity index (χ4v) is 3.61. The molecule has 0 fully saturated rings. The molecule has 1 amide bonds. The Labute approximate surface area is 163 Å². The number of rotatable bonds is 6. The molecule has 0 spiro atoms. The van der Waals surface area contributed by atoms with Crippen molar-refractivity contribution in [2.75, 3.05) is 19.0 Å². The van der Waals surface area contributed by atoms with Crippen molar-refractivity contribution in [2.45, 2.75) is 31.3 Å². The predicted molar refractivity (Wildman–Crippen MR) is 104 cm³/mol. The maximum absolute atomic E-state index is 12.5. The molecule has 1 aromatic carbocycles. The molecule has 1 N–H and O–H groups in total. The van der Waals surface area contributed by atoms with Crippen LogP contribution in [0, 0.1) is 11.1 Å². The second-order valence-corrected chi connectivity index (χ2v) is 7.69. The van der Waals surface area contributed by atoms with Crippen molar-refractivity contribution in [3.63, 3.8) is 0 Å². The zero-order valence-electron chi connectivity index (χ0n) is 15.5. The van der Waals surface area contributed by atoms with Crippen molar-refractivity contribution >= 4 is 17.7 Å². The molecule has 0 bridgehead atoms. The fraction of sp³-hybridized carbons (Fsp3) is 0.400. The lowest BCUT2D eigenvalue weighted by Crippen LogP contribution is -2.34. The molecule has 0 saturated heterocycles. The maximum Gasteiger partial charge on any atom is 0.251 e. The molecule has 1 aliphatic rings. The number of carbonyl (C=O) groups is 1. The van der Waals surface area contributed by atoms with E-state index in [2.05, 4.69) is 19.2 Å². The van der Waals surface area contributed by atoms with Crippen molar-refractivity contribution in [1.82, 2.24) is 5.32 Å². The van der Waals surface area contributed by atoms with Crippen LogP contribution in [0.4, 0.5) is 0 Å². The predicted octanol–water partition coefficient (Wildman–Crippen LogP) is 3.09. The van der Waals surface area contributed by atoms with Gasteiger partial charge in [0.2, 0.25) is 5.91 Å². The second-order valence-electron chi connectivity index (χ2n) is 6.70. The summed E-state index contributed by atoms with van der Waals surface area (Å²) in [6, 6.07) is 10.8. The SMILES string of the molecule is CC(C)C(NC(=O)CSc1cccc[n+]1[O-])c1ccc2c(c1)OCCCO2. The number of amides is 1. The number of hydrogen-bond acceptors (Lipinski definition) is 5. The molecule has 144 valence electrons. The van der Waals surface area contributed by atoms with E-state index in [9.17, 15) is 10.0 Å². The van der Waals surface area contributed by atoms with E-state index in [1.807, 2.05) is 18.2 Å². The first-order valence-corrected chi connectivity index (χ1v) is 10.0. The van der Waals surface area contributed by atoms with Crippen molar-refractivity contribution in [1.29, 1.82) is 0 Å². The quantitative estimate of drug-likeness (QED) is 0.468. The van der Waals surface area contributed by atoms with Crippen molar-refractivity contribution < 1.29 is 19.0 Å². The highest BCUT2D eigenvalue weighted by molar-refractivity contribution is 7.99. The van der Waals surface area contributed by atoms with Gasteiger partial charge in [-0.15, -0.1) is 0 Å². The third kappa shape index (κ3) is 5.07. The average Bonchev–Trinajstić information content (AvgIpc) is 2.90. The first-order chi connectivity index (χ1) is 13.0. The van der Waals surface area contributed by atoms with Crippen LogP contribution < -0.4 is 19.5 Å². The number of hydrogen-bond donors (Lipinski definition) is 1. The number of aromatic nitrogens is 1. The van der Waals surface area contributed by atoms with Crippen LogP contribution in [0.1, 0.15) is 31.9 Å². The molecule has 3 rings (SSSR count). The Bertz CT molecular complexity index is 797. The number of nitrogens with zero attached hydrogens (tertiary/aromatic N) is 1. The zero-order valence-corrected chi connectivity index (χ0v) is 16.3. The molecular formula is C20H24N2O4S. The summed E-state index contributed by atoms with van der Waals surface area (Å²) in [4.78, 5) is 12.5. The monoisotopic (exact) mass is 388 g/mol. The molecule has 0 radical (unpaired) electrons. The fourth-order valence-electron chi connectivity index (χ4n) is 2.89. The van der Waals surface area contributed by atoms with E-state index in [0.29, 0.717) is 18.2 Å². The standard InChI is InChI=1S/C20H24N2O4S/c1-14(2)20(15-7-8-16-17(12-15)26-11-5-10-25-16)21-18(23)13-27-19-6-3-4-9-22(19)24/h3-4,6-9,12,14,20H,5,10-11,13H2,1-2H3,(H,21,23). The van der Waals surface area contributed by atoms with Crippen LogP contribution in [-0.4, -0.2) is 24.9 Å². The molecule has 2 heterocycles. The molecular weight excluding hydrogens is 364 g/mol. The first kappa shape index (κ1) is 19.4. The van der Waals surface area contributed by atoms with Crippen LogP contribution >= 0.6 is 11.8 Å². The zero-order chi connectivity index (χ0) is 19.2. The minimum absolute atomic E-state index is 0.116. The molecule has 6 nitrogen and oxygen atoms in total. The highest BCUT2D eigenvalue weighted by atomic mass is 32.2. The summed E-state index contributed by atoms with van der Waals surface area (Å²) in [7, 11) is 0. The Morgan fingerprint density at radius 3 is 2.74 bits per heavy atom. The number of nitrogens with one attached hydrogen (secondary N) is 1. The van der Waals surface area contributed by atoms with E-state index in [4.69, 9.17) is 9.47 Å². The Kier molecular flexibility index (Phi) is 6.45. The highest BCUT2D eigenvalue weighted by Gasteiger charge is 2.21. The normalized spacial score (nSPS) is 14.5. The van der Waals surface area contributed by atoms with E-state index in [0.717, 1.165) is 28.2 Å². The van der Waals surface area contributed by atoms with Crippen LogP contribution in [-0.2, 0) is 4.79 Å². The smallest absolute Gasteiger partial charge is 0.251 e. The summed E-state index contributed by atoms with van der Waals surface area (Å²) in [6.07, 6.45) is 2.28. The molecule has 1 unspecified atom stereocenters. The van der Waals surface area contributed by atoms with Crippen LogP contribution in [0.25, 0.3) is 0 Å². The topological polar surface area (TPSA) is 74.5 Å². The summed E-state index contributed by atoms with van der Waals surface area (Å²) in [6.45, 7) is 5.39. The molecule has 1 aliphatic heterocycles. The molecule has 7 heteroatoms. The molecule has 0 saturated carbocycles. The largest absolute Gasteiger partial charge is 0.618 e. The lowest BCUT2D eigenvalue weighted by atomic mass is 9.95. The van der Waals surface area contributed by atoms with Gasteiger partial charge in [-0.05, 0) is 41.4 Å². The van der Waals surface area contributed by atoms with Crippen LogP contribution in [0.5, 0.6) is 11.5 Å². The van der Waals surface area contributed by atoms with Crippen LogP contribution in [0.3, 0.4) is 0 Å². The highest BCUT2D eigenvalue weighted by Crippen LogP contribution is 2.34. The molecule has 27 heavy (non-hydrogen) atoms. The number of ether oxygens (including phenoxy) is 2. The van der Waals surface area contributed by atoms with Crippen LogP contribution in [0.2, 0.25) is 0 Å². The van der Waals surface area contributed by atoms with E-state index in [1.54, 1.807) is 18.2 Å². The van der Waals surface area contributed by atoms with Gasteiger partial charge in [0.15, 0.2) is 17.7 Å². The Morgan fingerprint density at radius 2 is 2.00 bits per heavy atom. The van der Waals surface area contributed by atoms with E-state index in [1.165, 1.54) is 18.0 Å². The minimum atomic E-state index is -0.148. The van der Waals surface area contributed by atoms with E-state index < -0.39 is 0 Å². The maximum atomic E-state index is 12.5. The van der Waals surface area contributed by atoms with Crippen molar-refractivity contribution in [2.24, 2.45) is 5.92 Å². The van der Waals surface area contributed by atoms with Gasteiger partial charge >= 0.3 is 0 Å². The second kappa shape index (κ2) is 8.99. The van der Waals surface area contributed by atoms with Gasteiger partial charge in [0, 0.05) is 18.6 Å². The van der Waals surface area contributed by atoms with E-state index in [-0.39, 0.29) is 23.6 Å². The Hall–Kier alpha value is -2.41. The Morgan fingerprint density at radius 1 is 1.22 bits per heavy atom. The summed E-state index contributed by atoms with van der Waals surface area (Å²) < 4.78 is 12.2. The van der Waals surface area contributed by atoms with Gasteiger partial charge in [-0.25, -0.2) is 0 Å². The van der Waals surface area contributed by atoms with Gasteiger partial charge in [0.25, 0.3) is 5.03 Å². The van der Waals surface area contributed by atoms with Gasteiger partial charge in [-0.2, -0.15) is 4.73 Å². The summed E-state index contributed by atoms with van der Waals surface area (Å²) in [5.41, 5.74) is 0.978. The van der Waals surface area contributed by atoms with E-state index >= 15 is 0 Å². The Balaban J connectivity index is 1.68. The number of pyridine rings is 1. The average molecular weight is 388 g/mol. The van der Waals surface area contributed by atoms with Crippen LogP contribution in [0.15, 0.2) is 47.6 Å². The number of fused-ring (bicyclic) bond motifs is 1. The van der Waals surface area contributed by atoms with Crippen molar-refractivity contribution in [3.05, 3.63) is 53.4 Å². The molecule has 1 atom stereocenters. The first-order valence-electron chi connectivity index (χ1n) is 9.04. The summed E-state index contributed by atoms with van der Waals surface area (Å²) in [5.74, 6) is 1.72. The van der Waals surface area contributed by atoms with Gasteiger partial charge in [-0.3, -0.25) is 4.79 Å².